The molecule has 5 rings (SSSR count). The zero-order valence-corrected chi connectivity index (χ0v) is 18.0. The molecule has 34 heavy (non-hydrogen) atoms. The molecule has 0 aliphatic heterocycles. The summed E-state index contributed by atoms with van der Waals surface area (Å²) in [5.74, 6) is -1.65. The molecule has 1 amide bonds. The van der Waals surface area contributed by atoms with Gasteiger partial charge < -0.3 is 15.0 Å². The van der Waals surface area contributed by atoms with Crippen LogP contribution in [0.3, 0.4) is 0 Å². The maximum atomic E-state index is 14.1. The summed E-state index contributed by atoms with van der Waals surface area (Å²) in [5, 5.41) is 13.2. The predicted molar refractivity (Wildman–Crippen MR) is 128 cm³/mol. The fraction of sp³-hybridized carbons (Fsp3) is 0.0741. The summed E-state index contributed by atoms with van der Waals surface area (Å²) >= 11 is 0. The molecular formula is C27H20FN3O3. The van der Waals surface area contributed by atoms with Gasteiger partial charge in [-0.15, -0.1) is 0 Å². The first kappa shape index (κ1) is 21.3. The number of benzene rings is 4. The highest BCUT2D eigenvalue weighted by molar-refractivity contribution is 6.13. The normalized spacial score (nSPS) is 12.0. The van der Waals surface area contributed by atoms with E-state index >= 15 is 0 Å². The largest absolute Gasteiger partial charge is 0.481 e. The SMILES string of the molecule is O=C(O)CC(c1ccccc1)n1cnc2cc(NC(=O)c3ccc(F)c4ccccc34)ccc21. The van der Waals surface area contributed by atoms with E-state index in [0.29, 0.717) is 27.5 Å². The van der Waals surface area contributed by atoms with Gasteiger partial charge in [-0.25, -0.2) is 9.37 Å². The molecule has 4 aromatic carbocycles. The molecule has 1 aromatic heterocycles. The molecule has 6 nitrogen and oxygen atoms in total. The van der Waals surface area contributed by atoms with E-state index < -0.39 is 12.0 Å². The van der Waals surface area contributed by atoms with E-state index in [1.165, 1.54) is 12.1 Å². The lowest BCUT2D eigenvalue weighted by atomic mass is 10.0. The summed E-state index contributed by atoms with van der Waals surface area (Å²) in [6.07, 6.45) is 1.52. The van der Waals surface area contributed by atoms with Crippen molar-refractivity contribution in [1.29, 1.82) is 0 Å². The topological polar surface area (TPSA) is 84.2 Å². The molecule has 0 radical (unpaired) electrons. The van der Waals surface area contributed by atoms with E-state index in [2.05, 4.69) is 10.3 Å². The van der Waals surface area contributed by atoms with Crippen LogP contribution < -0.4 is 5.32 Å². The van der Waals surface area contributed by atoms with Gasteiger partial charge in [0.1, 0.15) is 5.82 Å². The third-order valence-corrected chi connectivity index (χ3v) is 5.84. The second-order valence-electron chi connectivity index (χ2n) is 7.97. The number of imidazole rings is 1. The molecule has 0 aliphatic rings. The highest BCUT2D eigenvalue weighted by Crippen LogP contribution is 2.29. The summed E-state index contributed by atoms with van der Waals surface area (Å²) < 4.78 is 16.0. The van der Waals surface area contributed by atoms with E-state index in [1.54, 1.807) is 48.8 Å². The van der Waals surface area contributed by atoms with Crippen molar-refractivity contribution >= 4 is 39.4 Å². The Kier molecular flexibility index (Phi) is 5.51. The van der Waals surface area contributed by atoms with Crippen molar-refractivity contribution in [2.75, 3.05) is 5.32 Å². The number of nitrogens with zero attached hydrogens (tertiary/aromatic N) is 2. The van der Waals surface area contributed by atoms with Gasteiger partial charge in [0.15, 0.2) is 0 Å². The first-order valence-corrected chi connectivity index (χ1v) is 10.7. The van der Waals surface area contributed by atoms with Gasteiger partial charge in [0.05, 0.1) is 29.8 Å². The van der Waals surface area contributed by atoms with Crippen LogP contribution in [0.25, 0.3) is 21.8 Å². The van der Waals surface area contributed by atoms with Crippen molar-refractivity contribution in [2.24, 2.45) is 0 Å². The minimum absolute atomic E-state index is 0.0917. The highest BCUT2D eigenvalue weighted by atomic mass is 19.1. The molecule has 0 spiro atoms. The molecule has 0 saturated carbocycles. The molecular weight excluding hydrogens is 433 g/mol. The monoisotopic (exact) mass is 453 g/mol. The lowest BCUT2D eigenvalue weighted by molar-refractivity contribution is -0.137. The van der Waals surface area contributed by atoms with Crippen LogP contribution in [-0.4, -0.2) is 26.5 Å². The summed E-state index contributed by atoms with van der Waals surface area (Å²) in [7, 11) is 0. The van der Waals surface area contributed by atoms with Gasteiger partial charge in [0.2, 0.25) is 0 Å². The quantitative estimate of drug-likeness (QED) is 0.348. The molecule has 0 aliphatic carbocycles. The third kappa shape index (κ3) is 3.99. The number of fused-ring (bicyclic) bond motifs is 2. The smallest absolute Gasteiger partial charge is 0.305 e. The number of aromatic nitrogens is 2. The fourth-order valence-electron chi connectivity index (χ4n) is 4.23. The Morgan fingerprint density at radius 3 is 2.44 bits per heavy atom. The van der Waals surface area contributed by atoms with Crippen LogP contribution in [0.2, 0.25) is 0 Å². The van der Waals surface area contributed by atoms with Gasteiger partial charge >= 0.3 is 5.97 Å². The minimum atomic E-state index is -0.911. The van der Waals surface area contributed by atoms with Gasteiger partial charge in [0, 0.05) is 16.6 Å². The Hall–Kier alpha value is -4.52. The van der Waals surface area contributed by atoms with Crippen LogP contribution in [-0.2, 0) is 4.79 Å². The number of aliphatic carboxylic acids is 1. The zero-order chi connectivity index (χ0) is 23.7. The van der Waals surface area contributed by atoms with Gasteiger partial charge in [-0.05, 0) is 41.3 Å². The molecule has 5 aromatic rings. The van der Waals surface area contributed by atoms with E-state index in [4.69, 9.17) is 0 Å². The van der Waals surface area contributed by atoms with Crippen molar-refractivity contribution < 1.29 is 19.1 Å². The number of carbonyl (C=O) groups is 2. The van der Waals surface area contributed by atoms with Gasteiger partial charge in [-0.1, -0.05) is 54.6 Å². The second-order valence-corrected chi connectivity index (χ2v) is 7.97. The number of carboxylic acid groups (broad SMARTS) is 1. The van der Waals surface area contributed by atoms with E-state index in [-0.39, 0.29) is 18.1 Å². The highest BCUT2D eigenvalue weighted by Gasteiger charge is 2.20. The first-order chi connectivity index (χ1) is 16.5. The van der Waals surface area contributed by atoms with Crippen molar-refractivity contribution in [3.05, 3.63) is 108 Å². The number of amides is 1. The molecule has 0 fully saturated rings. The van der Waals surface area contributed by atoms with Gasteiger partial charge in [-0.3, -0.25) is 9.59 Å². The Balaban J connectivity index is 1.47. The zero-order valence-electron chi connectivity index (χ0n) is 18.0. The van der Waals surface area contributed by atoms with Crippen LogP contribution in [0.15, 0.2) is 91.3 Å². The number of halogens is 1. The minimum Gasteiger partial charge on any atom is -0.481 e. The van der Waals surface area contributed by atoms with Crippen molar-refractivity contribution in [3.63, 3.8) is 0 Å². The maximum absolute atomic E-state index is 14.1. The number of hydrogen-bond donors (Lipinski definition) is 2. The summed E-state index contributed by atoms with van der Waals surface area (Å²) in [6.45, 7) is 0. The van der Waals surface area contributed by atoms with E-state index in [9.17, 15) is 19.1 Å². The second kappa shape index (κ2) is 8.78. The number of nitrogens with one attached hydrogen (secondary N) is 1. The van der Waals surface area contributed by atoms with E-state index in [0.717, 1.165) is 11.1 Å². The number of rotatable bonds is 6. The Morgan fingerprint density at radius 1 is 0.941 bits per heavy atom. The lowest BCUT2D eigenvalue weighted by Crippen LogP contribution is -2.14. The van der Waals surface area contributed by atoms with Crippen molar-refractivity contribution in [3.8, 4) is 0 Å². The summed E-state index contributed by atoms with van der Waals surface area (Å²) in [6, 6.07) is 23.9. The van der Waals surface area contributed by atoms with Crippen molar-refractivity contribution in [1.82, 2.24) is 9.55 Å². The van der Waals surface area contributed by atoms with Crippen LogP contribution in [0.1, 0.15) is 28.4 Å². The molecule has 1 heterocycles. The first-order valence-electron chi connectivity index (χ1n) is 10.7. The van der Waals surface area contributed by atoms with Crippen LogP contribution in [0.4, 0.5) is 10.1 Å². The molecule has 0 bridgehead atoms. The third-order valence-electron chi connectivity index (χ3n) is 5.84. The number of hydrogen-bond acceptors (Lipinski definition) is 3. The number of carboxylic acids is 1. The molecule has 0 saturated heterocycles. The predicted octanol–water partition coefficient (Wildman–Crippen LogP) is 5.65. The lowest BCUT2D eigenvalue weighted by Gasteiger charge is -2.18. The molecule has 7 heteroatoms. The van der Waals surface area contributed by atoms with Crippen LogP contribution in [0.5, 0.6) is 0 Å². The Bertz CT molecular complexity index is 1530. The van der Waals surface area contributed by atoms with E-state index in [1.807, 2.05) is 34.9 Å². The molecule has 1 unspecified atom stereocenters. The average molecular weight is 453 g/mol. The van der Waals surface area contributed by atoms with Crippen LogP contribution in [0, 0.1) is 5.82 Å². The van der Waals surface area contributed by atoms with Gasteiger partial charge in [0.25, 0.3) is 5.91 Å². The molecule has 168 valence electrons. The van der Waals surface area contributed by atoms with Crippen LogP contribution >= 0.6 is 0 Å². The van der Waals surface area contributed by atoms with Crippen molar-refractivity contribution in [2.45, 2.75) is 12.5 Å². The van der Waals surface area contributed by atoms with Gasteiger partial charge in [-0.2, -0.15) is 0 Å². The maximum Gasteiger partial charge on any atom is 0.305 e. The number of carbonyl (C=O) groups excluding carboxylic acids is 1. The average Bonchev–Trinajstić information content (AvgIpc) is 3.26. The fourth-order valence-corrected chi connectivity index (χ4v) is 4.23. The molecule has 2 N–H and O–H groups in total. The summed E-state index contributed by atoms with van der Waals surface area (Å²) in [5.41, 5.74) is 3.14. The Morgan fingerprint density at radius 2 is 1.68 bits per heavy atom. The standard InChI is InChI=1S/C27H20FN3O3/c28-22-12-11-21(19-8-4-5-9-20(19)22)27(34)30-18-10-13-24-23(14-18)29-16-31(24)25(15-26(32)33)17-6-2-1-3-7-17/h1-14,16,25H,15H2,(H,30,34)(H,32,33). The molecule has 1 atom stereocenters. The number of anilines is 1. The Labute approximate surface area is 194 Å². The summed E-state index contributed by atoms with van der Waals surface area (Å²) in [4.78, 5) is 28.9.